The summed E-state index contributed by atoms with van der Waals surface area (Å²) in [5.74, 6) is 0. The SMILES string of the molecule is Cc1nn(C)c(Cn2nc(C)c(CC(C)N)c2C)c1Br. The van der Waals surface area contributed by atoms with Gasteiger partial charge in [0.15, 0.2) is 0 Å². The standard InChI is InChI=1S/C14H22BrN5/c1-8(16)6-12-9(2)18-20(11(12)4)7-13-14(15)10(3)17-19(13)5/h8H,6-7,16H2,1-5H3. The molecule has 0 saturated carbocycles. The minimum absolute atomic E-state index is 0.149. The van der Waals surface area contributed by atoms with Gasteiger partial charge >= 0.3 is 0 Å². The summed E-state index contributed by atoms with van der Waals surface area (Å²) in [7, 11) is 1.96. The van der Waals surface area contributed by atoms with Crippen molar-refractivity contribution < 1.29 is 0 Å². The molecular formula is C14H22BrN5. The maximum atomic E-state index is 5.92. The zero-order valence-electron chi connectivity index (χ0n) is 12.7. The summed E-state index contributed by atoms with van der Waals surface area (Å²) in [6.45, 7) is 8.89. The molecular weight excluding hydrogens is 318 g/mol. The van der Waals surface area contributed by atoms with Gasteiger partial charge in [-0.05, 0) is 55.6 Å². The molecule has 2 N–H and O–H groups in total. The van der Waals surface area contributed by atoms with Crippen LogP contribution in [-0.2, 0) is 20.0 Å². The van der Waals surface area contributed by atoms with Crippen molar-refractivity contribution in [2.24, 2.45) is 12.8 Å². The van der Waals surface area contributed by atoms with E-state index in [4.69, 9.17) is 5.73 Å². The number of hydrogen-bond acceptors (Lipinski definition) is 3. The molecule has 5 nitrogen and oxygen atoms in total. The van der Waals surface area contributed by atoms with E-state index < -0.39 is 0 Å². The molecule has 2 aromatic heterocycles. The van der Waals surface area contributed by atoms with Gasteiger partial charge < -0.3 is 5.73 Å². The van der Waals surface area contributed by atoms with Crippen LogP contribution in [0.5, 0.6) is 0 Å². The molecule has 0 radical (unpaired) electrons. The summed E-state index contributed by atoms with van der Waals surface area (Å²) in [5.41, 5.74) is 11.6. The molecule has 2 rings (SSSR count). The zero-order chi connectivity index (χ0) is 15.0. The third-order valence-corrected chi connectivity index (χ3v) is 4.65. The first-order valence-electron chi connectivity index (χ1n) is 6.77. The topological polar surface area (TPSA) is 61.7 Å². The number of halogens is 1. The van der Waals surface area contributed by atoms with Crippen LogP contribution in [0.15, 0.2) is 4.47 Å². The number of hydrogen-bond donors (Lipinski definition) is 1. The molecule has 20 heavy (non-hydrogen) atoms. The molecule has 0 spiro atoms. The van der Waals surface area contributed by atoms with Crippen molar-refractivity contribution in [2.45, 2.75) is 46.7 Å². The minimum atomic E-state index is 0.149. The fourth-order valence-electron chi connectivity index (χ4n) is 2.50. The normalized spacial score (nSPS) is 12.9. The maximum Gasteiger partial charge on any atom is 0.0842 e. The van der Waals surface area contributed by atoms with E-state index in [1.165, 1.54) is 11.3 Å². The fourth-order valence-corrected chi connectivity index (χ4v) is 2.96. The van der Waals surface area contributed by atoms with Crippen molar-refractivity contribution in [1.82, 2.24) is 19.6 Å². The Bertz CT molecular complexity index is 624. The third-order valence-electron chi connectivity index (χ3n) is 3.62. The van der Waals surface area contributed by atoms with Crippen molar-refractivity contribution in [3.8, 4) is 0 Å². The summed E-state index contributed by atoms with van der Waals surface area (Å²) in [6.07, 6.45) is 0.864. The van der Waals surface area contributed by atoms with Crippen molar-refractivity contribution >= 4 is 15.9 Å². The highest BCUT2D eigenvalue weighted by atomic mass is 79.9. The van der Waals surface area contributed by atoms with E-state index in [2.05, 4.69) is 33.1 Å². The molecule has 0 aliphatic carbocycles. The van der Waals surface area contributed by atoms with Gasteiger partial charge in [-0.15, -0.1) is 0 Å². The number of aryl methyl sites for hydroxylation is 3. The molecule has 0 fully saturated rings. The van der Waals surface area contributed by atoms with E-state index in [1.54, 1.807) is 0 Å². The second-order valence-corrected chi connectivity index (χ2v) is 6.25. The lowest BCUT2D eigenvalue weighted by Crippen LogP contribution is -2.18. The van der Waals surface area contributed by atoms with E-state index in [0.717, 1.165) is 28.0 Å². The van der Waals surface area contributed by atoms with Gasteiger partial charge in [0, 0.05) is 18.8 Å². The fraction of sp³-hybridized carbons (Fsp3) is 0.571. The Labute approximate surface area is 128 Å². The summed E-state index contributed by atoms with van der Waals surface area (Å²) < 4.78 is 5.00. The largest absolute Gasteiger partial charge is 0.328 e. The van der Waals surface area contributed by atoms with Crippen LogP contribution in [0, 0.1) is 20.8 Å². The van der Waals surface area contributed by atoms with Gasteiger partial charge in [-0.1, -0.05) is 0 Å². The van der Waals surface area contributed by atoms with Crippen LogP contribution >= 0.6 is 15.9 Å². The molecule has 0 bridgehead atoms. The van der Waals surface area contributed by atoms with Gasteiger partial charge in [-0.3, -0.25) is 9.36 Å². The number of rotatable bonds is 4. The molecule has 2 aromatic rings. The highest BCUT2D eigenvalue weighted by Gasteiger charge is 2.16. The predicted molar refractivity (Wildman–Crippen MR) is 83.8 cm³/mol. The summed E-state index contributed by atoms with van der Waals surface area (Å²) in [6, 6.07) is 0.149. The maximum absolute atomic E-state index is 5.92. The smallest absolute Gasteiger partial charge is 0.0842 e. The number of nitrogens with zero attached hydrogens (tertiary/aromatic N) is 4. The molecule has 1 unspecified atom stereocenters. The lowest BCUT2D eigenvalue weighted by Gasteiger charge is -2.08. The van der Waals surface area contributed by atoms with Gasteiger partial charge in [0.05, 0.1) is 28.1 Å². The second kappa shape index (κ2) is 5.69. The Morgan fingerprint density at radius 2 is 1.85 bits per heavy atom. The highest BCUT2D eigenvalue weighted by molar-refractivity contribution is 9.10. The first-order valence-corrected chi connectivity index (χ1v) is 7.57. The van der Waals surface area contributed by atoms with Gasteiger partial charge in [-0.25, -0.2) is 0 Å². The molecule has 110 valence electrons. The molecule has 0 aromatic carbocycles. The quantitative estimate of drug-likeness (QED) is 0.929. The van der Waals surface area contributed by atoms with E-state index in [0.29, 0.717) is 6.54 Å². The second-order valence-electron chi connectivity index (χ2n) is 5.46. The molecule has 0 saturated heterocycles. The molecule has 0 aliphatic rings. The average molecular weight is 340 g/mol. The van der Waals surface area contributed by atoms with E-state index in [-0.39, 0.29) is 6.04 Å². The first-order chi connectivity index (χ1) is 9.31. The van der Waals surface area contributed by atoms with Crippen LogP contribution in [0.1, 0.15) is 35.3 Å². The first kappa shape index (κ1) is 15.3. The van der Waals surface area contributed by atoms with Crippen molar-refractivity contribution in [1.29, 1.82) is 0 Å². The highest BCUT2D eigenvalue weighted by Crippen LogP contribution is 2.23. The predicted octanol–water partition coefficient (Wildman–Crippen LogP) is 2.24. The summed E-state index contributed by atoms with van der Waals surface area (Å²) in [4.78, 5) is 0. The molecule has 6 heteroatoms. The summed E-state index contributed by atoms with van der Waals surface area (Å²) in [5, 5.41) is 9.07. The van der Waals surface area contributed by atoms with Crippen molar-refractivity contribution in [3.05, 3.63) is 32.8 Å². The lowest BCUT2D eigenvalue weighted by atomic mass is 10.1. The lowest BCUT2D eigenvalue weighted by molar-refractivity contribution is 0.601. The van der Waals surface area contributed by atoms with E-state index in [1.807, 2.05) is 37.2 Å². The number of nitrogens with two attached hydrogens (primary N) is 1. The van der Waals surface area contributed by atoms with Crippen molar-refractivity contribution in [2.75, 3.05) is 0 Å². The van der Waals surface area contributed by atoms with Crippen molar-refractivity contribution in [3.63, 3.8) is 0 Å². The van der Waals surface area contributed by atoms with E-state index in [9.17, 15) is 0 Å². The molecule has 2 heterocycles. The van der Waals surface area contributed by atoms with Gasteiger partial charge in [0.1, 0.15) is 0 Å². The Morgan fingerprint density at radius 1 is 1.20 bits per heavy atom. The Balaban J connectivity index is 2.35. The minimum Gasteiger partial charge on any atom is -0.328 e. The van der Waals surface area contributed by atoms with E-state index >= 15 is 0 Å². The van der Waals surface area contributed by atoms with Gasteiger partial charge in [0.25, 0.3) is 0 Å². The van der Waals surface area contributed by atoms with Crippen LogP contribution in [0.3, 0.4) is 0 Å². The Hall–Kier alpha value is -1.14. The van der Waals surface area contributed by atoms with Crippen LogP contribution in [-0.4, -0.2) is 25.6 Å². The molecule has 0 aliphatic heterocycles. The van der Waals surface area contributed by atoms with Crippen LogP contribution in [0.4, 0.5) is 0 Å². The van der Waals surface area contributed by atoms with Gasteiger partial charge in [0.2, 0.25) is 0 Å². The monoisotopic (exact) mass is 339 g/mol. The average Bonchev–Trinajstić information content (AvgIpc) is 2.74. The zero-order valence-corrected chi connectivity index (χ0v) is 14.3. The number of aromatic nitrogens is 4. The third kappa shape index (κ3) is 2.81. The molecule has 1 atom stereocenters. The molecule has 0 amide bonds. The van der Waals surface area contributed by atoms with Crippen LogP contribution in [0.25, 0.3) is 0 Å². The Morgan fingerprint density at radius 3 is 2.35 bits per heavy atom. The Kier molecular flexibility index (Phi) is 4.34. The van der Waals surface area contributed by atoms with Gasteiger partial charge in [-0.2, -0.15) is 10.2 Å². The van der Waals surface area contributed by atoms with Crippen LogP contribution in [0.2, 0.25) is 0 Å². The van der Waals surface area contributed by atoms with Crippen LogP contribution < -0.4 is 5.73 Å². The summed E-state index contributed by atoms with van der Waals surface area (Å²) >= 11 is 3.60.